The molecular formula is C24H19ClN2O7. The van der Waals surface area contributed by atoms with Gasteiger partial charge in [-0.05, 0) is 42.8 Å². The van der Waals surface area contributed by atoms with E-state index in [1.165, 1.54) is 50.6 Å². The topological polar surface area (TPSA) is 119 Å². The number of methoxy groups -OCH3 is 2. The molecule has 9 nitrogen and oxygen atoms in total. The van der Waals surface area contributed by atoms with Gasteiger partial charge < -0.3 is 19.1 Å². The van der Waals surface area contributed by atoms with Crippen LogP contribution < -0.4 is 9.64 Å². The molecule has 1 atom stereocenters. The van der Waals surface area contributed by atoms with Gasteiger partial charge in [-0.25, -0.2) is 4.79 Å². The van der Waals surface area contributed by atoms with Crippen molar-refractivity contribution in [3.8, 4) is 5.75 Å². The fraction of sp³-hybridized carbons (Fsp3) is 0.167. The highest BCUT2D eigenvalue weighted by Gasteiger charge is 2.48. The number of aryl methyl sites for hydroxylation is 1. The quantitative estimate of drug-likeness (QED) is 0.250. The summed E-state index contributed by atoms with van der Waals surface area (Å²) in [4.78, 5) is 39.2. The Morgan fingerprint density at radius 3 is 2.32 bits per heavy atom. The van der Waals surface area contributed by atoms with Crippen molar-refractivity contribution < 1.29 is 33.5 Å². The average molecular weight is 483 g/mol. The van der Waals surface area contributed by atoms with Crippen LogP contribution in [0.1, 0.15) is 33.3 Å². The van der Waals surface area contributed by atoms with Crippen molar-refractivity contribution in [2.24, 2.45) is 0 Å². The number of nitrogens with zero attached hydrogens (tertiary/aromatic N) is 2. The average Bonchev–Trinajstić information content (AvgIpc) is 3.38. The number of halogens is 1. The van der Waals surface area contributed by atoms with Gasteiger partial charge in [-0.2, -0.15) is 0 Å². The first-order chi connectivity index (χ1) is 16.3. The molecule has 0 spiro atoms. The highest BCUT2D eigenvalue weighted by atomic mass is 35.5. The Morgan fingerprint density at radius 2 is 1.76 bits per heavy atom. The predicted molar refractivity (Wildman–Crippen MR) is 122 cm³/mol. The van der Waals surface area contributed by atoms with Crippen LogP contribution in [0.25, 0.3) is 5.76 Å². The second-order valence-corrected chi connectivity index (χ2v) is 7.83. The summed E-state index contributed by atoms with van der Waals surface area (Å²) < 4.78 is 15.0. The Morgan fingerprint density at radius 1 is 1.09 bits per heavy atom. The van der Waals surface area contributed by atoms with Gasteiger partial charge in [0.2, 0.25) is 0 Å². The maximum absolute atomic E-state index is 13.1. The number of benzene rings is 2. The number of amides is 1. The van der Waals surface area contributed by atoms with E-state index in [0.29, 0.717) is 17.1 Å². The van der Waals surface area contributed by atoms with Gasteiger partial charge in [0.05, 0.1) is 36.4 Å². The lowest BCUT2D eigenvalue weighted by Crippen LogP contribution is -2.29. The van der Waals surface area contributed by atoms with Crippen LogP contribution >= 0.6 is 11.6 Å². The Labute approximate surface area is 199 Å². The van der Waals surface area contributed by atoms with Gasteiger partial charge in [0, 0.05) is 11.6 Å². The van der Waals surface area contributed by atoms with Crippen molar-refractivity contribution in [2.45, 2.75) is 13.0 Å². The second-order valence-electron chi connectivity index (χ2n) is 7.43. The SMILES string of the molecule is COC(=O)c1ccc(C2C(=C(O)c3ccc(OC)c(Cl)c3)C(=O)C(=O)N2c2cc(C)on2)cc1. The second kappa shape index (κ2) is 9.03. The molecule has 2 heterocycles. The lowest BCUT2D eigenvalue weighted by Gasteiger charge is -2.23. The van der Waals surface area contributed by atoms with E-state index in [0.717, 1.165) is 4.90 Å². The number of hydrogen-bond donors (Lipinski definition) is 1. The Kier molecular flexibility index (Phi) is 6.12. The van der Waals surface area contributed by atoms with Gasteiger partial charge >= 0.3 is 11.9 Å². The van der Waals surface area contributed by atoms with Crippen LogP contribution in [-0.4, -0.2) is 42.1 Å². The van der Waals surface area contributed by atoms with Crippen LogP contribution in [0.4, 0.5) is 5.82 Å². The summed E-state index contributed by atoms with van der Waals surface area (Å²) >= 11 is 6.20. The Hall–Kier alpha value is -4.11. The molecular weight excluding hydrogens is 464 g/mol. The van der Waals surface area contributed by atoms with Crippen LogP contribution in [0.15, 0.2) is 58.6 Å². The number of hydrogen-bond acceptors (Lipinski definition) is 8. The van der Waals surface area contributed by atoms with Crippen LogP contribution in [0.5, 0.6) is 5.75 Å². The van der Waals surface area contributed by atoms with Crippen molar-refractivity contribution in [1.82, 2.24) is 5.16 Å². The normalized spacial score (nSPS) is 17.2. The van der Waals surface area contributed by atoms with E-state index >= 15 is 0 Å². The number of aliphatic hydroxyl groups excluding tert-OH is 1. The molecule has 1 unspecified atom stereocenters. The van der Waals surface area contributed by atoms with Crippen LogP contribution in [-0.2, 0) is 14.3 Å². The number of carbonyl (C=O) groups excluding carboxylic acids is 3. The van der Waals surface area contributed by atoms with Crippen molar-refractivity contribution in [2.75, 3.05) is 19.1 Å². The van der Waals surface area contributed by atoms with Gasteiger partial charge in [0.25, 0.3) is 5.78 Å². The molecule has 1 fully saturated rings. The summed E-state index contributed by atoms with van der Waals surface area (Å²) in [6.45, 7) is 1.65. The number of ketones is 1. The molecule has 1 N–H and O–H groups in total. The summed E-state index contributed by atoms with van der Waals surface area (Å²) in [6.07, 6.45) is 0. The van der Waals surface area contributed by atoms with Crippen LogP contribution in [0.2, 0.25) is 5.02 Å². The molecule has 0 radical (unpaired) electrons. The third kappa shape index (κ3) is 3.90. The molecule has 1 saturated heterocycles. The standard InChI is InChI=1S/C24H19ClN2O7/c1-12-10-18(26-34-12)27-20(13-4-6-14(7-5-13)24(31)33-3)19(22(29)23(27)30)21(28)15-8-9-17(32-2)16(25)11-15/h4-11,20,28H,1-3H3. The number of aliphatic hydroxyl groups is 1. The van der Waals surface area contributed by atoms with E-state index in [4.69, 9.17) is 25.6 Å². The monoisotopic (exact) mass is 482 g/mol. The Bertz CT molecular complexity index is 1330. The Balaban J connectivity index is 1.90. The number of rotatable bonds is 5. The largest absolute Gasteiger partial charge is 0.507 e. The first kappa shape index (κ1) is 23.1. The first-order valence-corrected chi connectivity index (χ1v) is 10.4. The smallest absolute Gasteiger partial charge is 0.337 e. The molecule has 3 aromatic rings. The number of Topliss-reactive ketones (excluding diaryl/α,β-unsaturated/α-hetero) is 1. The fourth-order valence-corrected chi connectivity index (χ4v) is 4.00. The van der Waals surface area contributed by atoms with E-state index in [2.05, 4.69) is 5.16 Å². The molecule has 34 heavy (non-hydrogen) atoms. The summed E-state index contributed by atoms with van der Waals surface area (Å²) in [5.41, 5.74) is 0.783. The van der Waals surface area contributed by atoms with Crippen LogP contribution in [0, 0.1) is 6.92 Å². The van der Waals surface area contributed by atoms with E-state index in [-0.39, 0.29) is 27.5 Å². The van der Waals surface area contributed by atoms with Gasteiger partial charge in [0.1, 0.15) is 17.3 Å². The molecule has 1 aliphatic heterocycles. The van der Waals surface area contributed by atoms with Gasteiger partial charge in [0.15, 0.2) is 5.82 Å². The lowest BCUT2D eigenvalue weighted by atomic mass is 9.94. The molecule has 4 rings (SSSR count). The van der Waals surface area contributed by atoms with Crippen molar-refractivity contribution >= 4 is 40.8 Å². The number of ether oxygens (including phenoxy) is 2. The minimum Gasteiger partial charge on any atom is -0.507 e. The molecule has 1 amide bonds. The van der Waals surface area contributed by atoms with Gasteiger partial charge in [-0.1, -0.05) is 28.9 Å². The highest BCUT2D eigenvalue weighted by molar-refractivity contribution is 6.51. The molecule has 0 saturated carbocycles. The van der Waals surface area contributed by atoms with Gasteiger partial charge in [-0.15, -0.1) is 0 Å². The molecule has 0 bridgehead atoms. The van der Waals surface area contributed by atoms with Crippen molar-refractivity contribution in [1.29, 1.82) is 0 Å². The zero-order valence-electron chi connectivity index (χ0n) is 18.4. The predicted octanol–water partition coefficient (Wildman–Crippen LogP) is 4.06. The summed E-state index contributed by atoms with van der Waals surface area (Å²) in [5, 5.41) is 15.2. The molecule has 2 aromatic carbocycles. The van der Waals surface area contributed by atoms with E-state index in [9.17, 15) is 19.5 Å². The lowest BCUT2D eigenvalue weighted by molar-refractivity contribution is -0.132. The summed E-state index contributed by atoms with van der Waals surface area (Å²) in [5.74, 6) is -1.85. The van der Waals surface area contributed by atoms with Gasteiger partial charge in [-0.3, -0.25) is 14.5 Å². The highest BCUT2D eigenvalue weighted by Crippen LogP contribution is 2.42. The maximum atomic E-state index is 13.1. The van der Waals surface area contributed by atoms with Crippen LogP contribution in [0.3, 0.4) is 0 Å². The number of esters is 1. The fourth-order valence-electron chi connectivity index (χ4n) is 3.74. The zero-order chi connectivity index (χ0) is 24.6. The number of anilines is 1. The molecule has 174 valence electrons. The third-order valence-corrected chi connectivity index (χ3v) is 5.67. The number of carbonyl (C=O) groups is 3. The third-order valence-electron chi connectivity index (χ3n) is 5.38. The first-order valence-electron chi connectivity index (χ1n) is 10.0. The minimum atomic E-state index is -1.04. The maximum Gasteiger partial charge on any atom is 0.337 e. The zero-order valence-corrected chi connectivity index (χ0v) is 19.1. The summed E-state index contributed by atoms with van der Waals surface area (Å²) in [7, 11) is 2.71. The molecule has 1 aromatic heterocycles. The van der Waals surface area contributed by atoms with E-state index in [1.54, 1.807) is 19.1 Å². The minimum absolute atomic E-state index is 0.105. The van der Waals surface area contributed by atoms with Crippen molar-refractivity contribution in [3.63, 3.8) is 0 Å². The van der Waals surface area contributed by atoms with E-state index in [1.807, 2.05) is 0 Å². The summed E-state index contributed by atoms with van der Waals surface area (Å²) in [6, 6.07) is 11.1. The number of aromatic nitrogens is 1. The van der Waals surface area contributed by atoms with E-state index < -0.39 is 29.5 Å². The molecule has 1 aliphatic rings. The van der Waals surface area contributed by atoms with Crippen molar-refractivity contribution in [3.05, 3.63) is 81.6 Å². The molecule has 0 aliphatic carbocycles. The molecule has 10 heteroatoms.